The normalized spacial score (nSPS) is 36.9. The molecule has 1 aromatic heterocycles. The SMILES string of the molecule is C=C[C@]1(O)C[C@H]2CN(CCc3c([nH]c4ccccc34)[C@@](C(=O)OC)(c3cc4c(cc3OC)N(C)[C@H]3[C@@](O)(C(=O)OC)[C@H](OC(C)=O)[C@]5(CC)C=CCN6CC[C@]43[C@@H]65)C2)C1. The second-order valence-corrected chi connectivity index (χ2v) is 17.9. The highest BCUT2D eigenvalue weighted by molar-refractivity contribution is 5.95. The van der Waals surface area contributed by atoms with Crippen LogP contribution in [0.3, 0.4) is 0 Å². The molecule has 9 rings (SSSR count). The number of nitrogens with zero attached hydrogens (tertiary/aromatic N) is 3. The van der Waals surface area contributed by atoms with Crippen molar-refractivity contribution in [2.75, 3.05) is 66.0 Å². The summed E-state index contributed by atoms with van der Waals surface area (Å²) in [7, 11) is 6.11. The van der Waals surface area contributed by atoms with Gasteiger partial charge in [0.25, 0.3) is 0 Å². The Bertz CT molecular complexity index is 2290. The van der Waals surface area contributed by atoms with Crippen molar-refractivity contribution in [2.45, 2.75) is 86.2 Å². The van der Waals surface area contributed by atoms with Gasteiger partial charge in [-0.15, -0.1) is 6.58 Å². The highest BCUT2D eigenvalue weighted by Gasteiger charge is 2.80. The van der Waals surface area contributed by atoms with Gasteiger partial charge in [0.1, 0.15) is 11.2 Å². The summed E-state index contributed by atoms with van der Waals surface area (Å²) in [6.07, 6.45) is 6.75. The Balaban J connectivity index is 1.37. The maximum atomic E-state index is 15.3. The summed E-state index contributed by atoms with van der Waals surface area (Å²) in [4.78, 5) is 53.0. The first kappa shape index (κ1) is 39.8. The summed E-state index contributed by atoms with van der Waals surface area (Å²) in [5.74, 6) is -1.69. The third-order valence-electron chi connectivity index (χ3n) is 15.3. The van der Waals surface area contributed by atoms with Crippen molar-refractivity contribution >= 4 is 34.5 Å². The summed E-state index contributed by atoms with van der Waals surface area (Å²) < 4.78 is 23.9. The second-order valence-electron chi connectivity index (χ2n) is 17.9. The van der Waals surface area contributed by atoms with Gasteiger partial charge in [0.05, 0.1) is 33.0 Å². The fourth-order valence-electron chi connectivity index (χ4n) is 13.3. The van der Waals surface area contributed by atoms with E-state index in [1.54, 1.807) is 13.2 Å². The average molecular weight is 809 g/mol. The van der Waals surface area contributed by atoms with Crippen LogP contribution in [-0.4, -0.2) is 133 Å². The van der Waals surface area contributed by atoms with E-state index in [0.717, 1.165) is 33.4 Å². The summed E-state index contributed by atoms with van der Waals surface area (Å²) in [6.45, 7) is 10.4. The number of carbonyl (C=O) groups excluding carboxylic acids is 3. The number of rotatable bonds is 7. The number of benzene rings is 2. The molecule has 2 bridgehead atoms. The number of carbonyl (C=O) groups is 3. The van der Waals surface area contributed by atoms with Crippen LogP contribution in [0.5, 0.6) is 5.75 Å². The van der Waals surface area contributed by atoms with Crippen molar-refractivity contribution in [1.82, 2.24) is 14.8 Å². The number of piperidine rings is 1. The van der Waals surface area contributed by atoms with E-state index in [1.807, 2.05) is 55.3 Å². The van der Waals surface area contributed by atoms with Gasteiger partial charge < -0.3 is 39.0 Å². The van der Waals surface area contributed by atoms with Gasteiger partial charge in [-0.2, -0.15) is 0 Å². The Labute approximate surface area is 344 Å². The number of esters is 3. The number of H-pyrrole nitrogens is 1. The molecule has 2 saturated heterocycles. The van der Waals surface area contributed by atoms with Gasteiger partial charge in [-0.3, -0.25) is 19.4 Å². The first-order valence-corrected chi connectivity index (χ1v) is 20.8. The summed E-state index contributed by atoms with van der Waals surface area (Å²) in [5.41, 5.74) is -2.05. The minimum absolute atomic E-state index is 0.170. The van der Waals surface area contributed by atoms with E-state index >= 15 is 4.79 Å². The number of fused-ring (bicyclic) bond motifs is 6. The third-order valence-corrected chi connectivity index (χ3v) is 15.3. The van der Waals surface area contributed by atoms with Crippen LogP contribution in [0.1, 0.15) is 61.9 Å². The number of nitrogens with one attached hydrogen (secondary N) is 1. The van der Waals surface area contributed by atoms with Gasteiger partial charge in [0.2, 0.25) is 5.60 Å². The van der Waals surface area contributed by atoms with Gasteiger partial charge in [0, 0.05) is 90.9 Å². The molecule has 314 valence electrons. The summed E-state index contributed by atoms with van der Waals surface area (Å²) in [5, 5.41) is 26.2. The van der Waals surface area contributed by atoms with Gasteiger partial charge in [-0.1, -0.05) is 43.4 Å². The molecule has 1 spiro atoms. The van der Waals surface area contributed by atoms with Gasteiger partial charge in [-0.05, 0) is 67.8 Å². The fraction of sp³-hybridized carbons (Fsp3) is 0.543. The lowest BCUT2D eigenvalue weighted by molar-refractivity contribution is -0.228. The molecular weight excluding hydrogens is 753 g/mol. The number of para-hydroxylation sites is 1. The molecule has 59 heavy (non-hydrogen) atoms. The molecule has 13 nitrogen and oxygen atoms in total. The number of hydrogen-bond acceptors (Lipinski definition) is 12. The molecule has 0 amide bonds. The molecule has 10 atom stereocenters. The zero-order valence-electron chi connectivity index (χ0n) is 34.9. The lowest BCUT2D eigenvalue weighted by Gasteiger charge is -2.63. The number of aromatic amines is 1. The van der Waals surface area contributed by atoms with E-state index in [-0.39, 0.29) is 18.4 Å². The van der Waals surface area contributed by atoms with Gasteiger partial charge >= 0.3 is 17.9 Å². The zero-order chi connectivity index (χ0) is 41.9. The summed E-state index contributed by atoms with van der Waals surface area (Å²) in [6, 6.07) is 10.8. The number of ether oxygens (including phenoxy) is 4. The molecule has 1 saturated carbocycles. The minimum atomic E-state index is -2.31. The van der Waals surface area contributed by atoms with Gasteiger partial charge in [0.15, 0.2) is 6.10 Å². The lowest BCUT2D eigenvalue weighted by atomic mass is 9.47. The molecule has 0 radical (unpaired) electrons. The van der Waals surface area contributed by atoms with Gasteiger partial charge in [-0.25, -0.2) is 4.79 Å². The van der Waals surface area contributed by atoms with Crippen LogP contribution in [0.4, 0.5) is 5.69 Å². The predicted octanol–water partition coefficient (Wildman–Crippen LogP) is 3.77. The second kappa shape index (κ2) is 13.7. The number of anilines is 1. The van der Waals surface area contributed by atoms with Crippen molar-refractivity contribution in [3.05, 3.63) is 83.6 Å². The Morgan fingerprint density at radius 2 is 1.78 bits per heavy atom. The average Bonchev–Trinajstić information content (AvgIpc) is 3.90. The molecule has 1 unspecified atom stereocenters. The number of aromatic nitrogens is 1. The first-order valence-electron chi connectivity index (χ1n) is 20.8. The molecule has 13 heteroatoms. The predicted molar refractivity (Wildman–Crippen MR) is 220 cm³/mol. The van der Waals surface area contributed by atoms with Crippen molar-refractivity contribution in [3.8, 4) is 5.75 Å². The molecule has 5 aliphatic heterocycles. The quantitative estimate of drug-likeness (QED) is 0.181. The Morgan fingerprint density at radius 1 is 1.02 bits per heavy atom. The lowest BCUT2D eigenvalue weighted by Crippen LogP contribution is -2.81. The molecule has 1 aliphatic carbocycles. The highest BCUT2D eigenvalue weighted by Crippen LogP contribution is 2.68. The zero-order valence-corrected chi connectivity index (χ0v) is 34.9. The van der Waals surface area contributed by atoms with E-state index in [0.29, 0.717) is 69.7 Å². The molecular formula is C46H56N4O9. The van der Waals surface area contributed by atoms with Crippen LogP contribution in [0.15, 0.2) is 61.2 Å². The number of likely N-dealkylation sites (N-methyl/N-ethyl adjacent to an activating group) is 1. The van der Waals surface area contributed by atoms with Crippen LogP contribution < -0.4 is 9.64 Å². The van der Waals surface area contributed by atoms with Crippen molar-refractivity contribution in [2.24, 2.45) is 11.3 Å². The van der Waals surface area contributed by atoms with E-state index in [1.165, 1.54) is 21.1 Å². The molecule has 3 fully saturated rings. The van der Waals surface area contributed by atoms with Crippen molar-refractivity contribution < 1.29 is 43.5 Å². The topological polar surface area (TPSA) is 154 Å². The van der Waals surface area contributed by atoms with E-state index in [2.05, 4.69) is 33.5 Å². The fourth-order valence-corrected chi connectivity index (χ4v) is 13.3. The maximum Gasteiger partial charge on any atom is 0.344 e. The van der Waals surface area contributed by atoms with E-state index in [4.69, 9.17) is 18.9 Å². The highest BCUT2D eigenvalue weighted by atomic mass is 16.6. The van der Waals surface area contributed by atoms with E-state index in [9.17, 15) is 19.8 Å². The molecule has 6 heterocycles. The van der Waals surface area contributed by atoms with Crippen LogP contribution >= 0.6 is 0 Å². The largest absolute Gasteiger partial charge is 0.496 e. The van der Waals surface area contributed by atoms with Crippen molar-refractivity contribution in [1.29, 1.82) is 0 Å². The van der Waals surface area contributed by atoms with Crippen LogP contribution in [-0.2, 0) is 45.8 Å². The number of aliphatic hydroxyl groups is 2. The van der Waals surface area contributed by atoms with Crippen LogP contribution in [0, 0.1) is 11.3 Å². The Hall–Kier alpha value is -4.69. The smallest absolute Gasteiger partial charge is 0.344 e. The minimum Gasteiger partial charge on any atom is -0.496 e. The molecule has 2 aromatic carbocycles. The number of methoxy groups -OCH3 is 3. The number of hydrogen-bond donors (Lipinski definition) is 3. The van der Waals surface area contributed by atoms with Crippen molar-refractivity contribution in [3.63, 3.8) is 0 Å². The molecule has 6 aliphatic rings. The maximum absolute atomic E-state index is 15.3. The standard InChI is InChI=1S/C46H56N4O9/c1-8-42(54)23-28-24-45(40(52)57-6,36-30(15-19-49(25-28)26-42)29-13-10-11-14-33(29)47-36)32-21-31-34(22-35(32)56-5)48(4)38-44(31)17-20-50-18-12-16-43(9-2,37(44)50)39(59-27(3)51)46(38,55)41(53)58-7/h8,10-14,16,21-22,28,37-39,47,54-55H,1,9,15,17-20,23-26H2,2-7H3/t28-,37+,38-,39-,42+,43-,44-,45+,46+/m1/s1. The Kier molecular flexibility index (Phi) is 9.21. The molecule has 3 aromatic rings. The monoisotopic (exact) mass is 808 g/mol. The molecule has 3 N–H and O–H groups in total. The van der Waals surface area contributed by atoms with Crippen LogP contribution in [0.25, 0.3) is 10.9 Å². The first-order chi connectivity index (χ1) is 28.2. The third kappa shape index (κ3) is 5.14. The van der Waals surface area contributed by atoms with E-state index < -0.39 is 57.5 Å². The Morgan fingerprint density at radius 3 is 2.47 bits per heavy atom. The summed E-state index contributed by atoms with van der Waals surface area (Å²) >= 11 is 0. The van der Waals surface area contributed by atoms with Crippen LogP contribution in [0.2, 0.25) is 0 Å².